The molecule has 4 atom stereocenters. The first-order valence-corrected chi connectivity index (χ1v) is 8.79. The minimum absolute atomic E-state index is 0.363. The fourth-order valence-corrected chi connectivity index (χ4v) is 4.53. The molecule has 1 aromatic carbocycles. The van der Waals surface area contributed by atoms with E-state index in [1.807, 2.05) is 0 Å². The highest BCUT2D eigenvalue weighted by atomic mass is 14.9. The predicted octanol–water partition coefficient (Wildman–Crippen LogP) is 5.19. The Morgan fingerprint density at radius 1 is 1.10 bits per heavy atom. The van der Waals surface area contributed by atoms with Crippen molar-refractivity contribution in [3.8, 4) is 0 Å². The normalized spacial score (nSPS) is 29.8. The molecule has 0 heterocycles. The van der Waals surface area contributed by atoms with E-state index in [1.165, 1.54) is 44.2 Å². The molecule has 2 saturated carbocycles. The molecule has 0 saturated heterocycles. The number of nitrogens with one attached hydrogen (secondary N) is 1. The molecule has 21 heavy (non-hydrogen) atoms. The maximum absolute atomic E-state index is 3.92. The van der Waals surface area contributed by atoms with Gasteiger partial charge in [0, 0.05) is 6.04 Å². The van der Waals surface area contributed by atoms with Gasteiger partial charge in [0.2, 0.25) is 0 Å². The Kier molecular flexibility index (Phi) is 4.40. The molecule has 0 spiro atoms. The summed E-state index contributed by atoms with van der Waals surface area (Å²) in [6.07, 6.45) is 7.20. The number of benzene rings is 1. The number of hydrogen-bond donors (Lipinski definition) is 1. The Morgan fingerprint density at radius 3 is 2.43 bits per heavy atom. The highest BCUT2D eigenvalue weighted by molar-refractivity contribution is 5.19. The van der Waals surface area contributed by atoms with Crippen LogP contribution in [0.1, 0.15) is 64.5 Å². The molecule has 3 rings (SSSR count). The summed E-state index contributed by atoms with van der Waals surface area (Å²) < 4.78 is 0. The first kappa shape index (κ1) is 15.1. The fourth-order valence-electron chi connectivity index (χ4n) is 4.53. The molecular formula is C20H31N. The first-order valence-electron chi connectivity index (χ1n) is 8.79. The lowest BCUT2D eigenvalue weighted by Gasteiger charge is -2.30. The topological polar surface area (TPSA) is 12.0 Å². The van der Waals surface area contributed by atoms with E-state index in [1.54, 1.807) is 0 Å². The molecule has 0 aliphatic heterocycles. The molecule has 2 fully saturated rings. The summed E-state index contributed by atoms with van der Waals surface area (Å²) in [5, 5.41) is 3.92. The Labute approximate surface area is 130 Å². The number of hydrogen-bond acceptors (Lipinski definition) is 1. The summed E-state index contributed by atoms with van der Waals surface area (Å²) in [6.45, 7) is 8.27. The van der Waals surface area contributed by atoms with Crippen molar-refractivity contribution in [1.82, 2.24) is 5.32 Å². The van der Waals surface area contributed by atoms with Gasteiger partial charge in [-0.25, -0.2) is 0 Å². The molecule has 1 heteroatoms. The monoisotopic (exact) mass is 285 g/mol. The van der Waals surface area contributed by atoms with Crippen LogP contribution < -0.4 is 5.32 Å². The van der Waals surface area contributed by atoms with Crippen molar-refractivity contribution in [3.63, 3.8) is 0 Å². The second-order valence-corrected chi connectivity index (χ2v) is 8.57. The first-order chi connectivity index (χ1) is 10.0. The summed E-state index contributed by atoms with van der Waals surface area (Å²) >= 11 is 0. The third-order valence-corrected chi connectivity index (χ3v) is 5.53. The van der Waals surface area contributed by atoms with Crippen LogP contribution in [-0.4, -0.2) is 6.54 Å². The Morgan fingerprint density at radius 2 is 1.86 bits per heavy atom. The average molecular weight is 285 g/mol. The van der Waals surface area contributed by atoms with Gasteiger partial charge in [0.05, 0.1) is 0 Å². The van der Waals surface area contributed by atoms with Crippen molar-refractivity contribution in [1.29, 1.82) is 0 Å². The van der Waals surface area contributed by atoms with E-state index in [-0.39, 0.29) is 0 Å². The zero-order chi connectivity index (χ0) is 14.9. The zero-order valence-electron chi connectivity index (χ0n) is 13.9. The van der Waals surface area contributed by atoms with E-state index >= 15 is 0 Å². The molecular weight excluding hydrogens is 254 g/mol. The highest BCUT2D eigenvalue weighted by Crippen LogP contribution is 2.48. The van der Waals surface area contributed by atoms with Crippen LogP contribution in [0.15, 0.2) is 30.3 Å². The third kappa shape index (κ3) is 3.88. The van der Waals surface area contributed by atoms with Crippen molar-refractivity contribution in [2.45, 2.75) is 58.9 Å². The second kappa shape index (κ2) is 6.12. The molecule has 2 aliphatic carbocycles. The van der Waals surface area contributed by atoms with Gasteiger partial charge in [0.1, 0.15) is 0 Å². The van der Waals surface area contributed by atoms with Crippen LogP contribution in [-0.2, 0) is 0 Å². The number of fused-ring (bicyclic) bond motifs is 2. The van der Waals surface area contributed by atoms with Gasteiger partial charge < -0.3 is 5.32 Å². The summed E-state index contributed by atoms with van der Waals surface area (Å²) in [7, 11) is 0. The summed E-state index contributed by atoms with van der Waals surface area (Å²) in [4.78, 5) is 0. The van der Waals surface area contributed by atoms with E-state index in [2.05, 4.69) is 56.4 Å². The minimum atomic E-state index is 0.363. The van der Waals surface area contributed by atoms with Gasteiger partial charge in [-0.15, -0.1) is 0 Å². The molecule has 1 nitrogen and oxygen atoms in total. The van der Waals surface area contributed by atoms with Gasteiger partial charge in [-0.1, -0.05) is 57.5 Å². The van der Waals surface area contributed by atoms with Gasteiger partial charge in [0.25, 0.3) is 0 Å². The van der Waals surface area contributed by atoms with Crippen LogP contribution >= 0.6 is 0 Å². The van der Waals surface area contributed by atoms with Crippen molar-refractivity contribution in [2.75, 3.05) is 6.54 Å². The van der Waals surface area contributed by atoms with Gasteiger partial charge >= 0.3 is 0 Å². The lowest BCUT2D eigenvalue weighted by atomic mass is 9.84. The SMILES string of the molecule is CC(C)(C)CC(NCC1CC2CCC1C2)c1ccccc1. The van der Waals surface area contributed by atoms with Crippen LogP contribution in [0.5, 0.6) is 0 Å². The van der Waals surface area contributed by atoms with Gasteiger partial charge in [0.15, 0.2) is 0 Å². The average Bonchev–Trinajstić information content (AvgIpc) is 3.05. The maximum atomic E-state index is 3.92. The highest BCUT2D eigenvalue weighted by Gasteiger charge is 2.39. The molecule has 2 bridgehead atoms. The molecule has 116 valence electrons. The van der Waals surface area contributed by atoms with E-state index in [0.717, 1.165) is 17.8 Å². The minimum Gasteiger partial charge on any atom is -0.310 e. The van der Waals surface area contributed by atoms with Crippen molar-refractivity contribution in [3.05, 3.63) is 35.9 Å². The van der Waals surface area contributed by atoms with Gasteiger partial charge in [-0.3, -0.25) is 0 Å². The van der Waals surface area contributed by atoms with Gasteiger partial charge in [-0.05, 0) is 61.0 Å². The lowest BCUT2D eigenvalue weighted by molar-refractivity contribution is 0.269. The molecule has 0 aromatic heterocycles. The molecule has 0 radical (unpaired) electrons. The van der Waals surface area contributed by atoms with Crippen LogP contribution in [0.2, 0.25) is 0 Å². The van der Waals surface area contributed by atoms with E-state index < -0.39 is 0 Å². The van der Waals surface area contributed by atoms with E-state index in [4.69, 9.17) is 0 Å². The maximum Gasteiger partial charge on any atom is 0.0325 e. The molecule has 2 aliphatic rings. The Bertz CT molecular complexity index is 445. The summed E-state index contributed by atoms with van der Waals surface area (Å²) in [5.41, 5.74) is 1.82. The van der Waals surface area contributed by atoms with Crippen molar-refractivity contribution < 1.29 is 0 Å². The predicted molar refractivity (Wildman–Crippen MR) is 90.2 cm³/mol. The van der Waals surface area contributed by atoms with E-state index in [9.17, 15) is 0 Å². The second-order valence-electron chi connectivity index (χ2n) is 8.57. The van der Waals surface area contributed by atoms with Gasteiger partial charge in [-0.2, -0.15) is 0 Å². The molecule has 1 aromatic rings. The summed E-state index contributed by atoms with van der Waals surface area (Å²) in [5.74, 6) is 3.02. The third-order valence-electron chi connectivity index (χ3n) is 5.53. The Balaban J connectivity index is 1.62. The van der Waals surface area contributed by atoms with Crippen LogP contribution in [0.4, 0.5) is 0 Å². The smallest absolute Gasteiger partial charge is 0.0325 e. The molecule has 0 amide bonds. The van der Waals surface area contributed by atoms with Crippen LogP contribution in [0.25, 0.3) is 0 Å². The molecule has 4 unspecified atom stereocenters. The van der Waals surface area contributed by atoms with Crippen LogP contribution in [0.3, 0.4) is 0 Å². The zero-order valence-corrected chi connectivity index (χ0v) is 13.9. The lowest BCUT2D eigenvalue weighted by Crippen LogP contribution is -2.32. The van der Waals surface area contributed by atoms with Crippen LogP contribution in [0, 0.1) is 23.2 Å². The number of rotatable bonds is 5. The standard InChI is InChI=1S/C20H31N/c1-20(2,3)13-19(16-7-5-4-6-8-16)21-14-18-12-15-9-10-17(18)11-15/h4-8,15,17-19,21H,9-14H2,1-3H3. The van der Waals surface area contributed by atoms with Crippen molar-refractivity contribution >= 4 is 0 Å². The van der Waals surface area contributed by atoms with Crippen molar-refractivity contribution in [2.24, 2.45) is 23.2 Å². The van der Waals surface area contributed by atoms with E-state index in [0.29, 0.717) is 11.5 Å². The molecule has 1 N–H and O–H groups in total. The fraction of sp³-hybridized carbons (Fsp3) is 0.700. The quantitative estimate of drug-likeness (QED) is 0.785. The Hall–Kier alpha value is -0.820. The largest absolute Gasteiger partial charge is 0.310 e. The summed E-state index contributed by atoms with van der Waals surface area (Å²) in [6, 6.07) is 11.5.